The smallest absolute Gasteiger partial charge is 0.255 e. The molecule has 4 aromatic rings. The van der Waals surface area contributed by atoms with Crippen LogP contribution in [0.4, 0.5) is 5.69 Å². The lowest BCUT2D eigenvalue weighted by molar-refractivity contribution is -0.121. The summed E-state index contributed by atoms with van der Waals surface area (Å²) < 4.78 is 0. The monoisotopic (exact) mass is 527 g/mol. The summed E-state index contributed by atoms with van der Waals surface area (Å²) in [6, 6.07) is 28.2. The number of Topliss-reactive ketones (excluding diaryl/α,β-unsaturated/α-hetero) is 1. The summed E-state index contributed by atoms with van der Waals surface area (Å²) >= 11 is 0. The van der Waals surface area contributed by atoms with E-state index in [2.05, 4.69) is 59.8 Å². The first-order valence-corrected chi connectivity index (χ1v) is 14.0. The minimum atomic E-state index is -0.152. The van der Waals surface area contributed by atoms with Crippen molar-refractivity contribution in [3.8, 4) is 11.1 Å². The number of anilines is 1. The molecule has 0 radical (unpaired) electrons. The van der Waals surface area contributed by atoms with E-state index in [0.717, 1.165) is 48.1 Å². The number of nitrogens with two attached hydrogens (primary N) is 1. The molecule has 5 heteroatoms. The second kappa shape index (κ2) is 10.9. The molecule has 1 amide bonds. The Kier molecular flexibility index (Phi) is 7.04. The van der Waals surface area contributed by atoms with E-state index in [1.54, 1.807) is 18.3 Å². The average Bonchev–Trinajstić information content (AvgIpc) is 2.98. The molecule has 5 nitrogen and oxygen atoms in total. The quantitative estimate of drug-likeness (QED) is 0.164. The second-order valence-electron chi connectivity index (χ2n) is 10.9. The molecule has 4 aromatic carbocycles. The van der Waals surface area contributed by atoms with Crippen LogP contribution in [-0.2, 0) is 24.1 Å². The third-order valence-electron chi connectivity index (χ3n) is 8.47. The Labute approximate surface area is 235 Å². The number of hydrogen-bond donors (Lipinski definition) is 2. The van der Waals surface area contributed by atoms with Gasteiger partial charge in [-0.1, -0.05) is 73.7 Å². The molecule has 0 fully saturated rings. The first-order valence-electron chi connectivity index (χ1n) is 14.0. The zero-order chi connectivity index (χ0) is 27.6. The van der Waals surface area contributed by atoms with Gasteiger partial charge in [-0.3, -0.25) is 9.59 Å². The molecule has 0 aliphatic heterocycles. The van der Waals surface area contributed by atoms with Gasteiger partial charge in [0.15, 0.2) is 0 Å². The van der Waals surface area contributed by atoms with Crippen LogP contribution in [0.15, 0.2) is 90.0 Å². The van der Waals surface area contributed by atoms with Gasteiger partial charge in [-0.15, -0.1) is 0 Å². The number of nitrogens with one attached hydrogen (secondary N) is 1. The maximum absolute atomic E-state index is 13.4. The fourth-order valence-corrected chi connectivity index (χ4v) is 6.50. The van der Waals surface area contributed by atoms with Gasteiger partial charge in [0.1, 0.15) is 5.78 Å². The van der Waals surface area contributed by atoms with Crippen molar-refractivity contribution in [2.75, 3.05) is 5.32 Å². The standard InChI is InChI=1S/C35H33N3O2/c1-22-20-33(39)31(15-12-23-6-3-2-4-7-23)34-26(22)16-17-28-27-8-5-9-32(29(27)18-19-30(28)34)38-35(40)25-13-10-24(11-14-25)21-37-36/h2-11,13-14,16-17,21-22,31H,12,15,18-20,36H2,1H3,(H,38,40). The van der Waals surface area contributed by atoms with Gasteiger partial charge in [-0.05, 0) is 94.3 Å². The summed E-state index contributed by atoms with van der Waals surface area (Å²) in [6.45, 7) is 2.18. The molecule has 40 heavy (non-hydrogen) atoms. The molecular formula is C35H33N3O2. The summed E-state index contributed by atoms with van der Waals surface area (Å²) in [4.78, 5) is 26.5. The number of hydrogen-bond acceptors (Lipinski definition) is 4. The van der Waals surface area contributed by atoms with E-state index in [0.29, 0.717) is 17.8 Å². The molecule has 200 valence electrons. The summed E-state index contributed by atoms with van der Waals surface area (Å²) in [5, 5.41) is 6.68. The third-order valence-corrected chi connectivity index (χ3v) is 8.47. The highest BCUT2D eigenvalue weighted by Gasteiger charge is 2.35. The Morgan fingerprint density at radius 1 is 0.925 bits per heavy atom. The molecule has 2 atom stereocenters. The number of carbonyl (C=O) groups is 2. The fourth-order valence-electron chi connectivity index (χ4n) is 6.50. The molecule has 2 aliphatic carbocycles. The molecule has 6 rings (SSSR count). The lowest BCUT2D eigenvalue weighted by Gasteiger charge is -2.34. The first kappa shape index (κ1) is 25.8. The van der Waals surface area contributed by atoms with Crippen molar-refractivity contribution in [2.24, 2.45) is 10.9 Å². The van der Waals surface area contributed by atoms with E-state index < -0.39 is 0 Å². The SMILES string of the molecule is CC1CC(=O)C(CCc2ccccc2)c2c1ccc1c2CCc2c(NC(=O)c3ccc(C=NN)cc3)cccc2-1. The van der Waals surface area contributed by atoms with Gasteiger partial charge in [0.2, 0.25) is 0 Å². The summed E-state index contributed by atoms with van der Waals surface area (Å²) in [5.74, 6) is 5.60. The minimum absolute atomic E-state index is 0.0712. The van der Waals surface area contributed by atoms with Crippen LogP contribution < -0.4 is 11.2 Å². The Balaban J connectivity index is 1.33. The number of benzene rings is 4. The number of hydrazone groups is 1. The molecule has 0 bridgehead atoms. The molecule has 0 aromatic heterocycles. The van der Waals surface area contributed by atoms with Gasteiger partial charge >= 0.3 is 0 Å². The second-order valence-corrected chi connectivity index (χ2v) is 10.9. The normalized spacial score (nSPS) is 17.7. The molecule has 0 heterocycles. The van der Waals surface area contributed by atoms with Crippen molar-refractivity contribution < 1.29 is 9.59 Å². The Hall–Kier alpha value is -4.51. The van der Waals surface area contributed by atoms with Crippen molar-refractivity contribution in [3.63, 3.8) is 0 Å². The predicted octanol–water partition coefficient (Wildman–Crippen LogP) is 6.79. The molecule has 0 saturated carbocycles. The molecular weight excluding hydrogens is 494 g/mol. The van der Waals surface area contributed by atoms with E-state index in [4.69, 9.17) is 5.84 Å². The average molecular weight is 528 g/mol. The van der Waals surface area contributed by atoms with E-state index >= 15 is 0 Å². The maximum atomic E-state index is 13.4. The molecule has 2 aliphatic rings. The van der Waals surface area contributed by atoms with Gasteiger partial charge in [0.25, 0.3) is 5.91 Å². The van der Waals surface area contributed by atoms with Crippen LogP contribution in [0.25, 0.3) is 11.1 Å². The van der Waals surface area contributed by atoms with E-state index in [1.165, 1.54) is 27.8 Å². The van der Waals surface area contributed by atoms with Crippen molar-refractivity contribution in [1.29, 1.82) is 0 Å². The van der Waals surface area contributed by atoms with Crippen LogP contribution in [0.1, 0.15) is 75.3 Å². The largest absolute Gasteiger partial charge is 0.323 e. The number of fused-ring (bicyclic) bond motifs is 5. The van der Waals surface area contributed by atoms with Crippen molar-refractivity contribution in [1.82, 2.24) is 0 Å². The first-order chi connectivity index (χ1) is 19.5. The van der Waals surface area contributed by atoms with Crippen LogP contribution in [0.3, 0.4) is 0 Å². The third kappa shape index (κ3) is 4.84. The molecule has 0 spiro atoms. The number of amides is 1. The molecule has 3 N–H and O–H groups in total. The van der Waals surface area contributed by atoms with Crippen molar-refractivity contribution in [3.05, 3.63) is 124 Å². The number of carbonyl (C=O) groups excluding carboxylic acids is 2. The highest BCUT2D eigenvalue weighted by Crippen LogP contribution is 2.47. The van der Waals surface area contributed by atoms with Crippen LogP contribution in [0, 0.1) is 0 Å². The Bertz CT molecular complexity index is 1610. The lowest BCUT2D eigenvalue weighted by atomic mass is 9.69. The predicted molar refractivity (Wildman–Crippen MR) is 161 cm³/mol. The molecule has 2 unspecified atom stereocenters. The Morgan fingerprint density at radius 3 is 2.45 bits per heavy atom. The van der Waals surface area contributed by atoms with Gasteiger partial charge in [0, 0.05) is 23.6 Å². The van der Waals surface area contributed by atoms with Crippen LogP contribution in [0.5, 0.6) is 0 Å². The van der Waals surface area contributed by atoms with Crippen molar-refractivity contribution >= 4 is 23.6 Å². The zero-order valence-corrected chi connectivity index (χ0v) is 22.7. The maximum Gasteiger partial charge on any atom is 0.255 e. The van der Waals surface area contributed by atoms with E-state index in [1.807, 2.05) is 30.3 Å². The number of rotatable bonds is 6. The van der Waals surface area contributed by atoms with Crippen LogP contribution in [0.2, 0.25) is 0 Å². The fraction of sp³-hybridized carbons (Fsp3) is 0.229. The van der Waals surface area contributed by atoms with Gasteiger partial charge in [-0.2, -0.15) is 5.10 Å². The van der Waals surface area contributed by atoms with Crippen LogP contribution in [-0.4, -0.2) is 17.9 Å². The van der Waals surface area contributed by atoms with Crippen molar-refractivity contribution in [2.45, 2.75) is 50.9 Å². The van der Waals surface area contributed by atoms with E-state index in [9.17, 15) is 9.59 Å². The number of aryl methyl sites for hydroxylation is 1. The summed E-state index contributed by atoms with van der Waals surface area (Å²) in [6.07, 6.45) is 5.55. The summed E-state index contributed by atoms with van der Waals surface area (Å²) in [7, 11) is 0. The number of ketones is 1. The topological polar surface area (TPSA) is 84.5 Å². The van der Waals surface area contributed by atoms with Gasteiger partial charge in [0.05, 0.1) is 6.21 Å². The molecule has 0 saturated heterocycles. The highest BCUT2D eigenvalue weighted by atomic mass is 16.1. The minimum Gasteiger partial charge on any atom is -0.323 e. The van der Waals surface area contributed by atoms with Crippen LogP contribution >= 0.6 is 0 Å². The van der Waals surface area contributed by atoms with Gasteiger partial charge < -0.3 is 11.2 Å². The lowest BCUT2D eigenvalue weighted by Crippen LogP contribution is -2.26. The number of nitrogens with zero attached hydrogens (tertiary/aromatic N) is 1. The van der Waals surface area contributed by atoms with E-state index in [-0.39, 0.29) is 17.7 Å². The highest BCUT2D eigenvalue weighted by molar-refractivity contribution is 6.05. The Morgan fingerprint density at radius 2 is 1.68 bits per heavy atom. The summed E-state index contributed by atoms with van der Waals surface area (Å²) in [5.41, 5.74) is 10.9. The zero-order valence-electron chi connectivity index (χ0n) is 22.7. The van der Waals surface area contributed by atoms with Gasteiger partial charge in [-0.25, -0.2) is 0 Å².